The Labute approximate surface area is 79.8 Å². The molecule has 0 radical (unpaired) electrons. The van der Waals surface area contributed by atoms with Gasteiger partial charge in [0, 0.05) is 19.6 Å². The van der Waals surface area contributed by atoms with E-state index in [-0.39, 0.29) is 18.4 Å². The van der Waals surface area contributed by atoms with Crippen LogP contribution in [0.4, 0.5) is 0 Å². The lowest BCUT2D eigenvalue weighted by Gasteiger charge is -2.20. The standard InChI is InChI=1S/C6H14N2O2S.ClH/c1-8(11(2,9)10)6-3-4-7-5-6;/h6-7H,3-5H2,1-2H3;1H/t6-;/m0./s1. The Morgan fingerprint density at radius 3 is 2.42 bits per heavy atom. The summed E-state index contributed by atoms with van der Waals surface area (Å²) in [6, 6.07) is 0.157. The summed E-state index contributed by atoms with van der Waals surface area (Å²) in [6.45, 7) is 1.70. The van der Waals surface area contributed by atoms with Gasteiger partial charge in [0.1, 0.15) is 0 Å². The fourth-order valence-electron chi connectivity index (χ4n) is 1.22. The number of halogens is 1. The molecule has 0 aliphatic carbocycles. The Hall–Kier alpha value is 0.160. The molecule has 4 nitrogen and oxygen atoms in total. The smallest absolute Gasteiger partial charge is 0.211 e. The molecule has 0 unspecified atom stereocenters. The molecule has 1 heterocycles. The molecule has 0 aromatic rings. The van der Waals surface area contributed by atoms with Crippen LogP contribution < -0.4 is 5.32 Å². The van der Waals surface area contributed by atoms with E-state index in [0.717, 1.165) is 19.5 Å². The van der Waals surface area contributed by atoms with Crippen LogP contribution in [0.15, 0.2) is 0 Å². The average Bonchev–Trinajstić information content (AvgIpc) is 2.34. The average molecular weight is 215 g/mol. The zero-order valence-corrected chi connectivity index (χ0v) is 8.91. The first kappa shape index (κ1) is 12.2. The van der Waals surface area contributed by atoms with Gasteiger partial charge in [-0.05, 0) is 13.0 Å². The molecule has 0 saturated carbocycles. The highest BCUT2D eigenvalue weighted by atomic mass is 35.5. The van der Waals surface area contributed by atoms with Crippen LogP contribution in [-0.2, 0) is 10.0 Å². The quantitative estimate of drug-likeness (QED) is 0.685. The molecule has 1 aliphatic rings. The minimum atomic E-state index is -2.99. The van der Waals surface area contributed by atoms with E-state index in [1.54, 1.807) is 7.05 Å². The van der Waals surface area contributed by atoms with Crippen LogP contribution in [0, 0.1) is 0 Å². The van der Waals surface area contributed by atoms with Gasteiger partial charge in [0.05, 0.1) is 6.26 Å². The van der Waals surface area contributed by atoms with Crippen LogP contribution in [-0.4, -0.2) is 45.2 Å². The fourth-order valence-corrected chi connectivity index (χ4v) is 1.94. The van der Waals surface area contributed by atoms with Gasteiger partial charge in [0.15, 0.2) is 0 Å². The molecule has 1 aliphatic heterocycles. The Balaban J connectivity index is 0.00000121. The third kappa shape index (κ3) is 2.90. The summed E-state index contributed by atoms with van der Waals surface area (Å²) >= 11 is 0. The minimum absolute atomic E-state index is 0. The lowest BCUT2D eigenvalue weighted by atomic mass is 10.3. The molecule has 0 aromatic heterocycles. The summed E-state index contributed by atoms with van der Waals surface area (Å²) in [5, 5.41) is 3.12. The lowest BCUT2D eigenvalue weighted by molar-refractivity contribution is 0.391. The predicted octanol–water partition coefficient (Wildman–Crippen LogP) is -0.339. The second-order valence-electron chi connectivity index (χ2n) is 2.93. The number of nitrogens with zero attached hydrogens (tertiary/aromatic N) is 1. The van der Waals surface area contributed by atoms with Gasteiger partial charge in [0.25, 0.3) is 0 Å². The molecule has 6 heteroatoms. The maximum atomic E-state index is 11.0. The van der Waals surface area contributed by atoms with Crippen molar-refractivity contribution < 1.29 is 8.42 Å². The zero-order valence-electron chi connectivity index (χ0n) is 7.28. The van der Waals surface area contributed by atoms with Gasteiger partial charge in [-0.15, -0.1) is 12.4 Å². The predicted molar refractivity (Wildman–Crippen MR) is 51.1 cm³/mol. The minimum Gasteiger partial charge on any atom is -0.315 e. The Bertz CT molecular complexity index is 224. The zero-order chi connectivity index (χ0) is 8.48. The molecule has 12 heavy (non-hydrogen) atoms. The Kier molecular flexibility index (Phi) is 4.47. The maximum absolute atomic E-state index is 11.0. The van der Waals surface area contributed by atoms with Crippen molar-refractivity contribution in [2.24, 2.45) is 0 Å². The van der Waals surface area contributed by atoms with Crippen molar-refractivity contribution in [3.63, 3.8) is 0 Å². The third-order valence-electron chi connectivity index (χ3n) is 2.07. The molecular weight excluding hydrogens is 200 g/mol. The van der Waals surface area contributed by atoms with Gasteiger partial charge in [0.2, 0.25) is 10.0 Å². The summed E-state index contributed by atoms with van der Waals surface area (Å²) in [6.07, 6.45) is 2.16. The van der Waals surface area contributed by atoms with Crippen molar-refractivity contribution in [3.05, 3.63) is 0 Å². The van der Waals surface area contributed by atoms with Gasteiger partial charge in [-0.25, -0.2) is 12.7 Å². The van der Waals surface area contributed by atoms with Crippen LogP contribution in [0.3, 0.4) is 0 Å². The van der Waals surface area contributed by atoms with Crippen LogP contribution in [0.1, 0.15) is 6.42 Å². The first-order valence-corrected chi connectivity index (χ1v) is 5.50. The third-order valence-corrected chi connectivity index (χ3v) is 3.42. The van der Waals surface area contributed by atoms with Gasteiger partial charge in [-0.3, -0.25) is 0 Å². The molecule has 0 spiro atoms. The van der Waals surface area contributed by atoms with Gasteiger partial charge >= 0.3 is 0 Å². The second-order valence-corrected chi connectivity index (χ2v) is 4.97. The summed E-state index contributed by atoms with van der Waals surface area (Å²) < 4.78 is 23.5. The van der Waals surface area contributed by atoms with Crippen molar-refractivity contribution >= 4 is 22.4 Å². The summed E-state index contributed by atoms with van der Waals surface area (Å²) in [4.78, 5) is 0. The number of nitrogens with one attached hydrogen (secondary N) is 1. The number of hydrogen-bond donors (Lipinski definition) is 1. The molecule has 1 rings (SSSR count). The van der Waals surface area contributed by atoms with Crippen molar-refractivity contribution in [1.29, 1.82) is 0 Å². The highest BCUT2D eigenvalue weighted by molar-refractivity contribution is 7.88. The van der Waals surface area contributed by atoms with E-state index < -0.39 is 10.0 Å². The van der Waals surface area contributed by atoms with Crippen molar-refractivity contribution in [3.8, 4) is 0 Å². The summed E-state index contributed by atoms with van der Waals surface area (Å²) in [7, 11) is -1.36. The van der Waals surface area contributed by atoms with E-state index >= 15 is 0 Å². The van der Waals surface area contributed by atoms with Crippen molar-refractivity contribution in [1.82, 2.24) is 9.62 Å². The van der Waals surface area contributed by atoms with E-state index in [1.807, 2.05) is 0 Å². The first-order valence-electron chi connectivity index (χ1n) is 3.65. The maximum Gasteiger partial charge on any atom is 0.211 e. The molecule has 0 aromatic carbocycles. The summed E-state index contributed by atoms with van der Waals surface area (Å²) in [5.41, 5.74) is 0. The highest BCUT2D eigenvalue weighted by Gasteiger charge is 2.24. The monoisotopic (exact) mass is 214 g/mol. The van der Waals surface area contributed by atoms with Crippen LogP contribution in [0.25, 0.3) is 0 Å². The number of rotatable bonds is 2. The van der Waals surface area contributed by atoms with Crippen LogP contribution in [0.2, 0.25) is 0 Å². The van der Waals surface area contributed by atoms with Crippen molar-refractivity contribution in [2.75, 3.05) is 26.4 Å². The van der Waals surface area contributed by atoms with E-state index in [9.17, 15) is 8.42 Å². The van der Waals surface area contributed by atoms with E-state index in [0.29, 0.717) is 0 Å². The molecule has 74 valence electrons. The molecule has 1 saturated heterocycles. The molecule has 0 amide bonds. The first-order chi connectivity index (χ1) is 5.02. The highest BCUT2D eigenvalue weighted by Crippen LogP contribution is 2.08. The number of likely N-dealkylation sites (N-methyl/N-ethyl adjacent to an activating group) is 1. The molecule has 0 bridgehead atoms. The Morgan fingerprint density at radius 2 is 2.08 bits per heavy atom. The molecule has 1 atom stereocenters. The number of hydrogen-bond acceptors (Lipinski definition) is 3. The van der Waals surface area contributed by atoms with E-state index in [1.165, 1.54) is 10.6 Å². The van der Waals surface area contributed by atoms with Gasteiger partial charge in [-0.2, -0.15) is 0 Å². The molecular formula is C6H15ClN2O2S. The van der Waals surface area contributed by atoms with Crippen molar-refractivity contribution in [2.45, 2.75) is 12.5 Å². The largest absolute Gasteiger partial charge is 0.315 e. The summed E-state index contributed by atoms with van der Waals surface area (Å²) in [5.74, 6) is 0. The van der Waals surface area contributed by atoms with Crippen LogP contribution >= 0.6 is 12.4 Å². The van der Waals surface area contributed by atoms with Gasteiger partial charge < -0.3 is 5.32 Å². The molecule has 1 fully saturated rings. The van der Waals surface area contributed by atoms with Gasteiger partial charge in [-0.1, -0.05) is 0 Å². The molecule has 1 N–H and O–H groups in total. The SMILES string of the molecule is CN([C@H]1CCNC1)S(C)(=O)=O.Cl. The normalized spacial score (nSPS) is 24.1. The second kappa shape index (κ2) is 4.41. The van der Waals surface area contributed by atoms with Crippen LogP contribution in [0.5, 0.6) is 0 Å². The lowest BCUT2D eigenvalue weighted by Crippen LogP contribution is -2.37. The Morgan fingerprint density at radius 1 is 1.50 bits per heavy atom. The fraction of sp³-hybridized carbons (Fsp3) is 1.00. The number of sulfonamides is 1. The topological polar surface area (TPSA) is 49.4 Å². The van der Waals surface area contributed by atoms with E-state index in [4.69, 9.17) is 0 Å². The van der Waals surface area contributed by atoms with E-state index in [2.05, 4.69) is 5.32 Å².